The SMILES string of the molecule is CCCC(N)CNC1(C)CCOCC1. The third-order valence-corrected chi connectivity index (χ3v) is 3.05. The Morgan fingerprint density at radius 2 is 2.07 bits per heavy atom. The van der Waals surface area contributed by atoms with Gasteiger partial charge >= 0.3 is 0 Å². The Hall–Kier alpha value is -0.120. The molecule has 3 N–H and O–H groups in total. The van der Waals surface area contributed by atoms with E-state index >= 15 is 0 Å². The van der Waals surface area contributed by atoms with Crippen molar-refractivity contribution in [1.29, 1.82) is 0 Å². The van der Waals surface area contributed by atoms with E-state index in [1.807, 2.05) is 0 Å². The van der Waals surface area contributed by atoms with Gasteiger partial charge in [0, 0.05) is 31.3 Å². The molecule has 1 saturated heterocycles. The molecule has 1 aliphatic rings. The largest absolute Gasteiger partial charge is 0.381 e. The van der Waals surface area contributed by atoms with Gasteiger partial charge in [-0.25, -0.2) is 0 Å². The van der Waals surface area contributed by atoms with Crippen LogP contribution in [0.15, 0.2) is 0 Å². The molecule has 0 spiro atoms. The molecule has 0 bridgehead atoms. The average molecular weight is 200 g/mol. The Labute approximate surface area is 87.4 Å². The minimum absolute atomic E-state index is 0.254. The first-order valence-corrected chi connectivity index (χ1v) is 5.74. The molecule has 0 aromatic carbocycles. The van der Waals surface area contributed by atoms with Crippen molar-refractivity contribution >= 4 is 0 Å². The molecule has 1 heterocycles. The molecule has 14 heavy (non-hydrogen) atoms. The zero-order valence-electron chi connectivity index (χ0n) is 9.51. The molecule has 1 atom stereocenters. The first-order chi connectivity index (χ1) is 6.66. The minimum atomic E-state index is 0.254. The fraction of sp³-hybridized carbons (Fsp3) is 1.00. The Balaban J connectivity index is 2.21. The molecule has 3 nitrogen and oxygen atoms in total. The van der Waals surface area contributed by atoms with Gasteiger partial charge in [0.2, 0.25) is 0 Å². The van der Waals surface area contributed by atoms with E-state index in [0.29, 0.717) is 6.04 Å². The minimum Gasteiger partial charge on any atom is -0.381 e. The Morgan fingerprint density at radius 3 is 2.64 bits per heavy atom. The summed E-state index contributed by atoms with van der Waals surface area (Å²) in [5.41, 5.74) is 6.22. The van der Waals surface area contributed by atoms with Gasteiger partial charge in [-0.05, 0) is 26.2 Å². The van der Waals surface area contributed by atoms with Gasteiger partial charge in [0.05, 0.1) is 0 Å². The van der Waals surface area contributed by atoms with Crippen molar-refractivity contribution < 1.29 is 4.74 Å². The van der Waals surface area contributed by atoms with Crippen LogP contribution in [-0.2, 0) is 4.74 Å². The number of hydrogen-bond acceptors (Lipinski definition) is 3. The van der Waals surface area contributed by atoms with E-state index in [2.05, 4.69) is 19.2 Å². The summed E-state index contributed by atoms with van der Waals surface area (Å²) in [5, 5.41) is 3.58. The van der Waals surface area contributed by atoms with Crippen molar-refractivity contribution in [3.63, 3.8) is 0 Å². The van der Waals surface area contributed by atoms with Gasteiger partial charge in [-0.15, -0.1) is 0 Å². The molecule has 0 radical (unpaired) electrons. The van der Waals surface area contributed by atoms with Crippen molar-refractivity contribution in [2.45, 2.75) is 51.1 Å². The van der Waals surface area contributed by atoms with Crippen LogP contribution in [0.25, 0.3) is 0 Å². The molecule has 1 fully saturated rings. The zero-order valence-corrected chi connectivity index (χ0v) is 9.51. The third kappa shape index (κ3) is 3.95. The number of ether oxygens (including phenoxy) is 1. The maximum atomic E-state index is 5.97. The van der Waals surface area contributed by atoms with Crippen LogP contribution in [0.2, 0.25) is 0 Å². The fourth-order valence-corrected chi connectivity index (χ4v) is 1.85. The first-order valence-electron chi connectivity index (χ1n) is 5.74. The summed E-state index contributed by atoms with van der Waals surface area (Å²) in [7, 11) is 0. The molecule has 1 rings (SSSR count). The first kappa shape index (κ1) is 12.0. The van der Waals surface area contributed by atoms with E-state index in [0.717, 1.165) is 39.0 Å². The molecule has 1 aliphatic heterocycles. The second-order valence-electron chi connectivity index (χ2n) is 4.60. The molecule has 0 amide bonds. The monoisotopic (exact) mass is 200 g/mol. The number of nitrogens with two attached hydrogens (primary N) is 1. The Kier molecular flexibility index (Phi) is 4.85. The van der Waals surface area contributed by atoms with Crippen molar-refractivity contribution in [2.24, 2.45) is 5.73 Å². The lowest BCUT2D eigenvalue weighted by atomic mass is 9.92. The topological polar surface area (TPSA) is 47.3 Å². The van der Waals surface area contributed by atoms with Gasteiger partial charge in [0.1, 0.15) is 0 Å². The fourth-order valence-electron chi connectivity index (χ4n) is 1.85. The van der Waals surface area contributed by atoms with Gasteiger partial charge in [0.25, 0.3) is 0 Å². The maximum Gasteiger partial charge on any atom is 0.0483 e. The molecule has 3 heteroatoms. The number of rotatable bonds is 5. The van der Waals surface area contributed by atoms with Gasteiger partial charge in [0.15, 0.2) is 0 Å². The second kappa shape index (κ2) is 5.69. The Morgan fingerprint density at radius 1 is 1.43 bits per heavy atom. The van der Waals surface area contributed by atoms with E-state index in [9.17, 15) is 0 Å². The molecular formula is C11H24N2O. The van der Waals surface area contributed by atoms with E-state index in [4.69, 9.17) is 10.5 Å². The van der Waals surface area contributed by atoms with Crippen LogP contribution < -0.4 is 11.1 Å². The second-order valence-corrected chi connectivity index (χ2v) is 4.60. The third-order valence-electron chi connectivity index (χ3n) is 3.05. The lowest BCUT2D eigenvalue weighted by molar-refractivity contribution is 0.0447. The normalized spacial score (nSPS) is 23.4. The molecule has 0 aliphatic carbocycles. The van der Waals surface area contributed by atoms with Crippen molar-refractivity contribution in [3.8, 4) is 0 Å². The quantitative estimate of drug-likeness (QED) is 0.702. The molecule has 0 aromatic heterocycles. The van der Waals surface area contributed by atoms with Crippen molar-refractivity contribution in [3.05, 3.63) is 0 Å². The molecule has 1 unspecified atom stereocenters. The zero-order chi connectivity index (χ0) is 10.4. The van der Waals surface area contributed by atoms with Crippen LogP contribution >= 0.6 is 0 Å². The van der Waals surface area contributed by atoms with Crippen LogP contribution in [-0.4, -0.2) is 31.3 Å². The van der Waals surface area contributed by atoms with Crippen LogP contribution in [0.5, 0.6) is 0 Å². The summed E-state index contributed by atoms with van der Waals surface area (Å²) < 4.78 is 5.35. The van der Waals surface area contributed by atoms with Gasteiger partial charge in [-0.2, -0.15) is 0 Å². The smallest absolute Gasteiger partial charge is 0.0483 e. The van der Waals surface area contributed by atoms with E-state index in [1.165, 1.54) is 6.42 Å². The van der Waals surface area contributed by atoms with Crippen LogP contribution in [0, 0.1) is 0 Å². The predicted octanol–water partition coefficient (Wildman–Crippen LogP) is 1.27. The summed E-state index contributed by atoms with van der Waals surface area (Å²) in [4.78, 5) is 0. The highest BCUT2D eigenvalue weighted by Gasteiger charge is 2.26. The molecule has 0 aromatic rings. The summed E-state index contributed by atoms with van der Waals surface area (Å²) in [6, 6.07) is 0.305. The molecule has 0 saturated carbocycles. The van der Waals surface area contributed by atoms with Gasteiger partial charge < -0.3 is 15.8 Å². The highest BCUT2D eigenvalue weighted by molar-refractivity contribution is 4.86. The van der Waals surface area contributed by atoms with Gasteiger partial charge in [-0.3, -0.25) is 0 Å². The van der Waals surface area contributed by atoms with Crippen molar-refractivity contribution in [1.82, 2.24) is 5.32 Å². The number of hydrogen-bond donors (Lipinski definition) is 2. The standard InChI is InChI=1S/C11H24N2O/c1-3-4-10(12)9-13-11(2)5-7-14-8-6-11/h10,13H,3-9,12H2,1-2H3. The summed E-state index contributed by atoms with van der Waals surface area (Å²) >= 11 is 0. The summed E-state index contributed by atoms with van der Waals surface area (Å²) in [5.74, 6) is 0. The van der Waals surface area contributed by atoms with E-state index in [1.54, 1.807) is 0 Å². The van der Waals surface area contributed by atoms with Gasteiger partial charge in [-0.1, -0.05) is 13.3 Å². The van der Waals surface area contributed by atoms with E-state index in [-0.39, 0.29) is 5.54 Å². The van der Waals surface area contributed by atoms with Crippen molar-refractivity contribution in [2.75, 3.05) is 19.8 Å². The summed E-state index contributed by atoms with van der Waals surface area (Å²) in [6.07, 6.45) is 4.49. The highest BCUT2D eigenvalue weighted by Crippen LogP contribution is 2.19. The van der Waals surface area contributed by atoms with Crippen LogP contribution in [0.1, 0.15) is 39.5 Å². The lowest BCUT2D eigenvalue weighted by Gasteiger charge is -2.35. The van der Waals surface area contributed by atoms with E-state index < -0.39 is 0 Å². The highest BCUT2D eigenvalue weighted by atomic mass is 16.5. The number of nitrogens with one attached hydrogen (secondary N) is 1. The maximum absolute atomic E-state index is 5.97. The van der Waals surface area contributed by atoms with Crippen LogP contribution in [0.3, 0.4) is 0 Å². The summed E-state index contributed by atoms with van der Waals surface area (Å²) in [6.45, 7) is 7.15. The van der Waals surface area contributed by atoms with Crippen LogP contribution in [0.4, 0.5) is 0 Å². The lowest BCUT2D eigenvalue weighted by Crippen LogP contribution is -2.50. The molecular weight excluding hydrogens is 176 g/mol. The molecule has 84 valence electrons. The average Bonchev–Trinajstić information content (AvgIpc) is 2.17. The Bertz CT molecular complexity index is 155. The predicted molar refractivity (Wildman–Crippen MR) is 59.3 cm³/mol.